The molecule has 0 radical (unpaired) electrons. The summed E-state index contributed by atoms with van der Waals surface area (Å²) in [6.45, 7) is 5.72. The Balaban J connectivity index is 3.49. The quantitative estimate of drug-likeness (QED) is 0.819. The van der Waals surface area contributed by atoms with Crippen LogP contribution in [-0.2, 0) is 4.79 Å². The third-order valence-electron chi connectivity index (χ3n) is 2.51. The SMILES string of the molecule is Cc1cc(C)c(C(C(=O)O)=C(Cl)Cl)cc1C. The van der Waals surface area contributed by atoms with Crippen LogP contribution >= 0.6 is 23.2 Å². The molecule has 86 valence electrons. The van der Waals surface area contributed by atoms with Crippen LogP contribution < -0.4 is 0 Å². The van der Waals surface area contributed by atoms with Crippen molar-refractivity contribution in [3.8, 4) is 0 Å². The van der Waals surface area contributed by atoms with Gasteiger partial charge in [-0.25, -0.2) is 4.79 Å². The molecule has 0 heterocycles. The number of aryl methyl sites for hydroxylation is 3. The van der Waals surface area contributed by atoms with E-state index in [1.165, 1.54) is 0 Å². The lowest BCUT2D eigenvalue weighted by molar-refractivity contribution is -0.130. The topological polar surface area (TPSA) is 37.3 Å². The fourth-order valence-corrected chi connectivity index (χ4v) is 1.89. The third kappa shape index (κ3) is 2.57. The molecule has 0 saturated heterocycles. The van der Waals surface area contributed by atoms with Gasteiger partial charge in [-0.15, -0.1) is 0 Å². The normalized spacial score (nSPS) is 10.1. The van der Waals surface area contributed by atoms with Crippen LogP contribution in [0.1, 0.15) is 22.3 Å². The van der Waals surface area contributed by atoms with E-state index in [-0.39, 0.29) is 10.1 Å². The third-order valence-corrected chi connectivity index (χ3v) is 2.89. The number of rotatable bonds is 2. The molecule has 1 rings (SSSR count). The maximum atomic E-state index is 11.1. The molecular weight excluding hydrogens is 247 g/mol. The highest BCUT2D eigenvalue weighted by Crippen LogP contribution is 2.28. The van der Waals surface area contributed by atoms with Gasteiger partial charge in [-0.05, 0) is 43.0 Å². The van der Waals surface area contributed by atoms with Crippen LogP contribution in [-0.4, -0.2) is 11.1 Å². The summed E-state index contributed by atoms with van der Waals surface area (Å²) in [4.78, 5) is 11.1. The van der Waals surface area contributed by atoms with Crippen molar-refractivity contribution in [1.82, 2.24) is 0 Å². The van der Waals surface area contributed by atoms with Crippen LogP contribution in [0.5, 0.6) is 0 Å². The first-order valence-corrected chi connectivity index (χ1v) is 5.47. The number of benzene rings is 1. The summed E-state index contributed by atoms with van der Waals surface area (Å²) < 4.78 is -0.223. The molecule has 0 bridgehead atoms. The zero-order chi connectivity index (χ0) is 12.5. The smallest absolute Gasteiger partial charge is 0.338 e. The minimum Gasteiger partial charge on any atom is -0.478 e. The zero-order valence-corrected chi connectivity index (χ0v) is 10.8. The van der Waals surface area contributed by atoms with E-state index < -0.39 is 5.97 Å². The van der Waals surface area contributed by atoms with Gasteiger partial charge >= 0.3 is 5.97 Å². The first-order chi connectivity index (χ1) is 7.34. The monoisotopic (exact) mass is 258 g/mol. The second-order valence-electron chi connectivity index (χ2n) is 3.69. The van der Waals surface area contributed by atoms with Crippen molar-refractivity contribution < 1.29 is 9.90 Å². The maximum Gasteiger partial charge on any atom is 0.338 e. The molecule has 0 fully saturated rings. The summed E-state index contributed by atoms with van der Waals surface area (Å²) in [5.74, 6) is -1.12. The summed E-state index contributed by atoms with van der Waals surface area (Å²) in [5.41, 5.74) is 3.48. The maximum absolute atomic E-state index is 11.1. The molecule has 0 aliphatic carbocycles. The molecule has 1 aromatic carbocycles. The van der Waals surface area contributed by atoms with E-state index in [1.807, 2.05) is 26.8 Å². The lowest BCUT2D eigenvalue weighted by Crippen LogP contribution is -2.03. The predicted molar refractivity (Wildman–Crippen MR) is 66.9 cm³/mol. The molecule has 0 unspecified atom stereocenters. The Bertz CT molecular complexity index is 472. The minimum atomic E-state index is -1.12. The Morgan fingerprint density at radius 3 is 2.00 bits per heavy atom. The molecule has 0 spiro atoms. The Labute approximate surface area is 104 Å². The number of hydrogen-bond donors (Lipinski definition) is 1. The van der Waals surface area contributed by atoms with Gasteiger partial charge in [-0.3, -0.25) is 0 Å². The van der Waals surface area contributed by atoms with Crippen LogP contribution in [0.2, 0.25) is 0 Å². The predicted octanol–water partition coefficient (Wildman–Crippen LogP) is 3.84. The fourth-order valence-electron chi connectivity index (χ4n) is 1.53. The number of carboxylic acid groups (broad SMARTS) is 1. The van der Waals surface area contributed by atoms with Crippen molar-refractivity contribution in [2.24, 2.45) is 0 Å². The molecular formula is C12H12Cl2O2. The molecule has 1 aromatic rings. The van der Waals surface area contributed by atoms with Crippen LogP contribution in [0.25, 0.3) is 5.57 Å². The first-order valence-electron chi connectivity index (χ1n) is 4.71. The van der Waals surface area contributed by atoms with Crippen molar-refractivity contribution in [2.45, 2.75) is 20.8 Å². The van der Waals surface area contributed by atoms with Crippen molar-refractivity contribution in [1.29, 1.82) is 0 Å². The number of halogens is 2. The van der Waals surface area contributed by atoms with Crippen LogP contribution in [0.3, 0.4) is 0 Å². The Morgan fingerprint density at radius 2 is 1.56 bits per heavy atom. The molecule has 2 nitrogen and oxygen atoms in total. The van der Waals surface area contributed by atoms with Gasteiger partial charge in [-0.1, -0.05) is 35.3 Å². The van der Waals surface area contributed by atoms with Crippen LogP contribution in [0, 0.1) is 20.8 Å². The summed E-state index contributed by atoms with van der Waals surface area (Å²) in [6, 6.07) is 3.71. The molecule has 0 aromatic heterocycles. The number of carbonyl (C=O) groups is 1. The molecule has 1 N–H and O–H groups in total. The van der Waals surface area contributed by atoms with E-state index in [9.17, 15) is 4.79 Å². The largest absolute Gasteiger partial charge is 0.478 e. The van der Waals surface area contributed by atoms with Gasteiger partial charge in [0.2, 0.25) is 0 Å². The number of aliphatic carboxylic acids is 1. The van der Waals surface area contributed by atoms with Crippen LogP contribution in [0.15, 0.2) is 16.6 Å². The summed E-state index contributed by atoms with van der Waals surface area (Å²) in [6.07, 6.45) is 0. The van der Waals surface area contributed by atoms with Crippen molar-refractivity contribution >= 4 is 34.7 Å². The van der Waals surface area contributed by atoms with E-state index in [4.69, 9.17) is 28.3 Å². The van der Waals surface area contributed by atoms with Crippen molar-refractivity contribution in [3.05, 3.63) is 38.9 Å². The lowest BCUT2D eigenvalue weighted by atomic mass is 9.96. The molecule has 0 amide bonds. The second kappa shape index (κ2) is 4.89. The highest BCUT2D eigenvalue weighted by atomic mass is 35.5. The van der Waals surface area contributed by atoms with Gasteiger partial charge in [0, 0.05) is 0 Å². The van der Waals surface area contributed by atoms with Crippen molar-refractivity contribution in [2.75, 3.05) is 0 Å². The molecule has 4 heteroatoms. The molecule has 0 aliphatic rings. The van der Waals surface area contributed by atoms with Gasteiger partial charge in [0.1, 0.15) is 4.49 Å². The van der Waals surface area contributed by atoms with Gasteiger partial charge in [0.05, 0.1) is 5.57 Å². The van der Waals surface area contributed by atoms with Gasteiger partial charge in [-0.2, -0.15) is 0 Å². The molecule has 16 heavy (non-hydrogen) atoms. The Kier molecular flexibility index (Phi) is 4.00. The minimum absolute atomic E-state index is 0.0519. The lowest BCUT2D eigenvalue weighted by Gasteiger charge is -2.10. The standard InChI is InChI=1S/C12H12Cl2O2/c1-6-4-8(3)9(5-7(6)2)10(11(13)14)12(15)16/h4-5H,1-3H3,(H,15,16). The number of carboxylic acids is 1. The van der Waals surface area contributed by atoms with Gasteiger partial charge in [0.25, 0.3) is 0 Å². The average Bonchev–Trinajstić information content (AvgIpc) is 2.12. The number of hydrogen-bond acceptors (Lipinski definition) is 1. The first kappa shape index (κ1) is 13.1. The van der Waals surface area contributed by atoms with E-state index in [0.29, 0.717) is 5.56 Å². The Morgan fingerprint density at radius 1 is 1.06 bits per heavy atom. The van der Waals surface area contributed by atoms with Crippen LogP contribution in [0.4, 0.5) is 0 Å². The van der Waals surface area contributed by atoms with E-state index in [0.717, 1.165) is 16.7 Å². The highest BCUT2D eigenvalue weighted by molar-refractivity contribution is 6.61. The summed E-state index contributed by atoms with van der Waals surface area (Å²) in [7, 11) is 0. The molecule has 0 atom stereocenters. The molecule has 0 saturated carbocycles. The molecule has 0 aliphatic heterocycles. The Hall–Kier alpha value is -0.990. The fraction of sp³-hybridized carbons (Fsp3) is 0.250. The summed E-state index contributed by atoms with van der Waals surface area (Å²) >= 11 is 11.2. The van der Waals surface area contributed by atoms with Gasteiger partial charge < -0.3 is 5.11 Å². The zero-order valence-electron chi connectivity index (χ0n) is 9.27. The van der Waals surface area contributed by atoms with E-state index in [2.05, 4.69) is 0 Å². The van der Waals surface area contributed by atoms with Gasteiger partial charge in [0.15, 0.2) is 0 Å². The van der Waals surface area contributed by atoms with Crippen molar-refractivity contribution in [3.63, 3.8) is 0 Å². The second-order valence-corrected chi connectivity index (χ2v) is 4.64. The van der Waals surface area contributed by atoms with E-state index >= 15 is 0 Å². The summed E-state index contributed by atoms with van der Waals surface area (Å²) in [5, 5.41) is 9.05. The highest BCUT2D eigenvalue weighted by Gasteiger charge is 2.17. The average molecular weight is 259 g/mol. The van der Waals surface area contributed by atoms with E-state index in [1.54, 1.807) is 6.07 Å².